The molecule has 0 fully saturated rings. The molecular weight excluding hydrogens is 269 g/mol. The van der Waals surface area contributed by atoms with Crippen LogP contribution >= 0.6 is 0 Å². The first-order chi connectivity index (χ1) is 9.95. The highest BCUT2D eigenvalue weighted by molar-refractivity contribution is 5.99. The molecule has 0 unspecified atom stereocenters. The van der Waals surface area contributed by atoms with Gasteiger partial charge in [-0.3, -0.25) is 4.79 Å². The van der Waals surface area contributed by atoms with E-state index in [1.165, 1.54) is 12.1 Å². The fourth-order valence-corrected chi connectivity index (χ4v) is 2.02. The molecule has 0 atom stereocenters. The molecule has 0 heterocycles. The third kappa shape index (κ3) is 3.21. The van der Waals surface area contributed by atoms with Crippen LogP contribution in [0.1, 0.15) is 19.4 Å². The zero-order valence-electron chi connectivity index (χ0n) is 12.3. The molecule has 0 aliphatic heterocycles. The quantitative estimate of drug-likeness (QED) is 0.930. The summed E-state index contributed by atoms with van der Waals surface area (Å²) in [4.78, 5) is 12.5. The minimum atomic E-state index is -0.783. The molecule has 0 aromatic heterocycles. The summed E-state index contributed by atoms with van der Waals surface area (Å²) >= 11 is 0. The van der Waals surface area contributed by atoms with E-state index in [1.54, 1.807) is 45.2 Å². The maximum absolute atomic E-state index is 13.0. The van der Waals surface area contributed by atoms with Crippen LogP contribution in [0.3, 0.4) is 0 Å². The van der Waals surface area contributed by atoms with Gasteiger partial charge in [-0.1, -0.05) is 24.3 Å². The summed E-state index contributed by atoms with van der Waals surface area (Å²) in [5.74, 6) is 0.0963. The summed E-state index contributed by atoms with van der Waals surface area (Å²) in [5, 5.41) is 2.86. The Morgan fingerprint density at radius 2 is 1.71 bits per heavy atom. The Hall–Kier alpha value is -2.36. The van der Waals surface area contributed by atoms with Crippen molar-refractivity contribution in [2.75, 3.05) is 12.4 Å². The van der Waals surface area contributed by atoms with Crippen molar-refractivity contribution in [3.63, 3.8) is 0 Å². The van der Waals surface area contributed by atoms with Gasteiger partial charge in [-0.05, 0) is 43.7 Å². The predicted molar refractivity (Wildman–Crippen MR) is 81.0 cm³/mol. The number of nitrogens with one attached hydrogen (secondary N) is 1. The summed E-state index contributed by atoms with van der Waals surface area (Å²) in [7, 11) is 1.55. The van der Waals surface area contributed by atoms with Crippen molar-refractivity contribution in [3.05, 3.63) is 59.9 Å². The van der Waals surface area contributed by atoms with Crippen molar-refractivity contribution in [1.29, 1.82) is 0 Å². The van der Waals surface area contributed by atoms with E-state index in [2.05, 4.69) is 5.32 Å². The van der Waals surface area contributed by atoms with E-state index in [-0.39, 0.29) is 11.7 Å². The zero-order chi connectivity index (χ0) is 15.5. The van der Waals surface area contributed by atoms with Crippen LogP contribution in [0.4, 0.5) is 10.1 Å². The summed E-state index contributed by atoms with van der Waals surface area (Å²) in [6, 6.07) is 13.2. The number of carbonyl (C=O) groups excluding carboxylic acids is 1. The SMILES string of the molecule is COc1ccccc1NC(=O)C(C)(C)c1ccc(F)cc1. The van der Waals surface area contributed by atoms with E-state index >= 15 is 0 Å². The van der Waals surface area contributed by atoms with Crippen molar-refractivity contribution < 1.29 is 13.9 Å². The predicted octanol–water partition coefficient (Wildman–Crippen LogP) is 3.75. The molecule has 0 saturated carbocycles. The first-order valence-electron chi connectivity index (χ1n) is 6.65. The normalized spacial score (nSPS) is 11.0. The molecule has 0 radical (unpaired) electrons. The van der Waals surface area contributed by atoms with Crippen LogP contribution < -0.4 is 10.1 Å². The van der Waals surface area contributed by atoms with Crippen molar-refractivity contribution in [2.45, 2.75) is 19.3 Å². The highest BCUT2D eigenvalue weighted by atomic mass is 19.1. The molecule has 2 aromatic carbocycles. The van der Waals surface area contributed by atoms with Crippen LogP contribution in [0.2, 0.25) is 0 Å². The molecule has 0 aliphatic rings. The highest BCUT2D eigenvalue weighted by Gasteiger charge is 2.30. The lowest BCUT2D eigenvalue weighted by molar-refractivity contribution is -0.120. The molecule has 1 N–H and O–H groups in total. The van der Waals surface area contributed by atoms with Crippen molar-refractivity contribution in [2.24, 2.45) is 0 Å². The Morgan fingerprint density at radius 1 is 1.10 bits per heavy atom. The Balaban J connectivity index is 2.24. The minimum Gasteiger partial charge on any atom is -0.495 e. The lowest BCUT2D eigenvalue weighted by atomic mass is 9.83. The third-order valence-corrected chi connectivity index (χ3v) is 3.49. The van der Waals surface area contributed by atoms with E-state index in [1.807, 2.05) is 12.1 Å². The molecule has 21 heavy (non-hydrogen) atoms. The van der Waals surface area contributed by atoms with Gasteiger partial charge < -0.3 is 10.1 Å². The smallest absolute Gasteiger partial charge is 0.234 e. The number of methoxy groups -OCH3 is 1. The second-order valence-electron chi connectivity index (χ2n) is 5.29. The van der Waals surface area contributed by atoms with Crippen molar-refractivity contribution in [3.8, 4) is 5.75 Å². The molecule has 2 rings (SSSR count). The van der Waals surface area contributed by atoms with Crippen LogP contribution in [0.25, 0.3) is 0 Å². The van der Waals surface area contributed by atoms with Gasteiger partial charge in [0.25, 0.3) is 0 Å². The molecule has 2 aromatic rings. The van der Waals surface area contributed by atoms with Gasteiger partial charge >= 0.3 is 0 Å². The number of benzene rings is 2. The number of hydrogen-bond acceptors (Lipinski definition) is 2. The standard InChI is InChI=1S/C17H18FNO2/c1-17(2,12-8-10-13(18)11-9-12)16(20)19-14-6-4-5-7-15(14)21-3/h4-11H,1-3H3,(H,19,20). The van der Waals surface area contributed by atoms with Gasteiger partial charge in [0.15, 0.2) is 0 Å². The number of para-hydroxylation sites is 2. The summed E-state index contributed by atoms with van der Waals surface area (Å²) in [5.41, 5.74) is 0.575. The number of rotatable bonds is 4. The van der Waals surface area contributed by atoms with Gasteiger partial charge in [0.1, 0.15) is 11.6 Å². The van der Waals surface area contributed by atoms with E-state index in [9.17, 15) is 9.18 Å². The van der Waals surface area contributed by atoms with Gasteiger partial charge in [-0.25, -0.2) is 4.39 Å². The van der Waals surface area contributed by atoms with Crippen molar-refractivity contribution in [1.82, 2.24) is 0 Å². The fourth-order valence-electron chi connectivity index (χ4n) is 2.02. The molecule has 0 saturated heterocycles. The van der Waals surface area contributed by atoms with Crippen LogP contribution in [0.5, 0.6) is 5.75 Å². The number of carbonyl (C=O) groups is 1. The molecule has 110 valence electrons. The highest BCUT2D eigenvalue weighted by Crippen LogP contribution is 2.28. The Kier molecular flexibility index (Phi) is 4.26. The minimum absolute atomic E-state index is 0.182. The maximum Gasteiger partial charge on any atom is 0.234 e. The molecule has 0 aliphatic carbocycles. The van der Waals surface area contributed by atoms with E-state index in [4.69, 9.17) is 4.74 Å². The number of halogens is 1. The number of ether oxygens (including phenoxy) is 1. The Labute approximate surface area is 123 Å². The molecule has 0 bridgehead atoms. The zero-order valence-corrected chi connectivity index (χ0v) is 12.3. The molecular formula is C17H18FNO2. The average Bonchev–Trinajstić information content (AvgIpc) is 2.48. The number of amides is 1. The van der Waals surface area contributed by atoms with Crippen LogP contribution in [-0.4, -0.2) is 13.0 Å². The lowest BCUT2D eigenvalue weighted by Gasteiger charge is -2.24. The topological polar surface area (TPSA) is 38.3 Å². The monoisotopic (exact) mass is 287 g/mol. The number of anilines is 1. The Morgan fingerprint density at radius 3 is 2.33 bits per heavy atom. The summed E-state index contributed by atoms with van der Waals surface area (Å²) in [6.07, 6.45) is 0. The van der Waals surface area contributed by atoms with Crippen LogP contribution in [0, 0.1) is 5.82 Å². The van der Waals surface area contributed by atoms with Crippen molar-refractivity contribution >= 4 is 11.6 Å². The average molecular weight is 287 g/mol. The fraction of sp³-hybridized carbons (Fsp3) is 0.235. The van der Waals surface area contributed by atoms with Gasteiger partial charge in [-0.15, -0.1) is 0 Å². The van der Waals surface area contributed by atoms with Gasteiger partial charge in [0, 0.05) is 0 Å². The molecule has 1 amide bonds. The van der Waals surface area contributed by atoms with Gasteiger partial charge in [-0.2, -0.15) is 0 Å². The van der Waals surface area contributed by atoms with Gasteiger partial charge in [0.05, 0.1) is 18.2 Å². The van der Waals surface area contributed by atoms with Crippen LogP contribution in [-0.2, 0) is 10.2 Å². The molecule has 0 spiro atoms. The first-order valence-corrected chi connectivity index (χ1v) is 6.65. The first kappa shape index (κ1) is 15.0. The van der Waals surface area contributed by atoms with E-state index < -0.39 is 5.41 Å². The third-order valence-electron chi connectivity index (χ3n) is 3.49. The maximum atomic E-state index is 13.0. The number of hydrogen-bond donors (Lipinski definition) is 1. The van der Waals surface area contributed by atoms with Crippen LogP contribution in [0.15, 0.2) is 48.5 Å². The molecule has 3 nitrogen and oxygen atoms in total. The summed E-state index contributed by atoms with van der Waals surface area (Å²) < 4.78 is 18.2. The second-order valence-corrected chi connectivity index (χ2v) is 5.29. The largest absolute Gasteiger partial charge is 0.495 e. The van der Waals surface area contributed by atoms with Gasteiger partial charge in [0.2, 0.25) is 5.91 Å². The lowest BCUT2D eigenvalue weighted by Crippen LogP contribution is -2.34. The Bertz CT molecular complexity index is 635. The second kappa shape index (κ2) is 5.95. The van der Waals surface area contributed by atoms with E-state index in [0.717, 1.165) is 5.56 Å². The summed E-state index contributed by atoms with van der Waals surface area (Å²) in [6.45, 7) is 3.59. The molecule has 4 heteroatoms. The van der Waals surface area contributed by atoms with E-state index in [0.29, 0.717) is 11.4 Å².